The number of rotatable bonds is 6. The van der Waals surface area contributed by atoms with Gasteiger partial charge in [-0.15, -0.1) is 0 Å². The number of fused-ring (bicyclic) bond motifs is 1. The lowest BCUT2D eigenvalue weighted by Crippen LogP contribution is -2.10. The van der Waals surface area contributed by atoms with Crippen molar-refractivity contribution in [1.82, 2.24) is 14.8 Å². The number of anilines is 1. The molecule has 4 aromatic rings. The molecule has 10 heteroatoms. The Bertz CT molecular complexity index is 1180. The van der Waals surface area contributed by atoms with Gasteiger partial charge in [0.05, 0.1) is 22.5 Å². The first kappa shape index (κ1) is 19.1. The summed E-state index contributed by atoms with van der Waals surface area (Å²) in [6.45, 7) is 1.37. The summed E-state index contributed by atoms with van der Waals surface area (Å²) >= 11 is 1.15. The number of nitrogens with one attached hydrogen (secondary N) is 1. The molecule has 0 bridgehead atoms. The molecule has 4 rings (SSSR count). The number of carbonyl (C=O) groups is 1. The summed E-state index contributed by atoms with van der Waals surface area (Å²) in [5, 5.41) is 7.36. The third-order valence-electron chi connectivity index (χ3n) is 4.10. The van der Waals surface area contributed by atoms with Crippen LogP contribution >= 0.6 is 11.3 Å². The zero-order valence-corrected chi connectivity index (χ0v) is 16.3. The van der Waals surface area contributed by atoms with Gasteiger partial charge in [0.25, 0.3) is 5.91 Å². The van der Waals surface area contributed by atoms with Crippen LogP contribution in [0.5, 0.6) is 5.75 Å². The van der Waals surface area contributed by atoms with Crippen molar-refractivity contribution in [1.29, 1.82) is 0 Å². The topological polar surface area (TPSA) is 82.2 Å². The van der Waals surface area contributed by atoms with Gasteiger partial charge in [0.15, 0.2) is 10.9 Å². The Labute approximate surface area is 167 Å². The lowest BCUT2D eigenvalue weighted by atomic mass is 10.3. The fraction of sp³-hybridized carbons (Fsp3) is 0.211. The van der Waals surface area contributed by atoms with Crippen molar-refractivity contribution < 1.29 is 22.7 Å². The summed E-state index contributed by atoms with van der Waals surface area (Å²) in [6, 6.07) is 9.67. The quantitative estimate of drug-likeness (QED) is 0.495. The Morgan fingerprint density at radius 2 is 2.10 bits per heavy atom. The number of aromatic nitrogens is 3. The molecule has 3 aromatic heterocycles. The molecule has 0 fully saturated rings. The molecule has 0 aliphatic heterocycles. The Morgan fingerprint density at radius 1 is 1.28 bits per heavy atom. The maximum atomic E-state index is 12.5. The molecule has 1 amide bonds. The van der Waals surface area contributed by atoms with E-state index < -0.39 is 12.5 Å². The maximum Gasteiger partial charge on any atom is 0.387 e. The molecule has 7 nitrogen and oxygen atoms in total. The lowest BCUT2D eigenvalue weighted by molar-refractivity contribution is -0.0497. The second-order valence-electron chi connectivity index (χ2n) is 6.33. The average Bonchev–Trinajstić information content (AvgIpc) is 3.33. The number of nitrogens with zero attached hydrogens (tertiary/aromatic N) is 3. The number of furan rings is 1. The number of thiazole rings is 1. The second-order valence-corrected chi connectivity index (χ2v) is 7.36. The Hall–Kier alpha value is -3.27. The fourth-order valence-electron chi connectivity index (χ4n) is 2.86. The molecule has 0 unspecified atom stereocenters. The van der Waals surface area contributed by atoms with E-state index in [0.29, 0.717) is 27.7 Å². The number of carbonyl (C=O) groups excluding carboxylic acids is 1. The zero-order valence-electron chi connectivity index (χ0n) is 15.5. The van der Waals surface area contributed by atoms with Gasteiger partial charge >= 0.3 is 6.61 Å². The zero-order chi connectivity index (χ0) is 20.5. The van der Waals surface area contributed by atoms with Crippen molar-refractivity contribution in [2.45, 2.75) is 27.0 Å². The molecule has 0 atom stereocenters. The van der Waals surface area contributed by atoms with E-state index in [1.165, 1.54) is 12.1 Å². The minimum absolute atomic E-state index is 0.0360. The first-order valence-electron chi connectivity index (χ1n) is 8.64. The van der Waals surface area contributed by atoms with Crippen LogP contribution in [0.1, 0.15) is 27.7 Å². The Balaban J connectivity index is 1.46. The number of halogens is 2. The molecular formula is C19H16F2N4O3S. The van der Waals surface area contributed by atoms with Crippen LogP contribution in [0, 0.1) is 13.8 Å². The predicted octanol–water partition coefficient (Wildman–Crippen LogP) is 4.60. The van der Waals surface area contributed by atoms with Crippen LogP contribution in [0.15, 0.2) is 40.8 Å². The van der Waals surface area contributed by atoms with E-state index in [4.69, 9.17) is 4.42 Å². The maximum absolute atomic E-state index is 12.5. The van der Waals surface area contributed by atoms with Crippen LogP contribution in [0.25, 0.3) is 10.2 Å². The monoisotopic (exact) mass is 418 g/mol. The number of hydrogen-bond donors (Lipinski definition) is 1. The summed E-state index contributed by atoms with van der Waals surface area (Å²) in [7, 11) is 0. The lowest BCUT2D eigenvalue weighted by Gasteiger charge is -2.02. The van der Waals surface area contributed by atoms with Crippen molar-refractivity contribution in [3.63, 3.8) is 0 Å². The van der Waals surface area contributed by atoms with Gasteiger partial charge in [0.1, 0.15) is 11.5 Å². The number of ether oxygens (including phenoxy) is 1. The molecule has 1 N–H and O–H groups in total. The average molecular weight is 418 g/mol. The second kappa shape index (κ2) is 7.63. The van der Waals surface area contributed by atoms with E-state index in [0.717, 1.165) is 22.7 Å². The number of hydrogen-bond acceptors (Lipinski definition) is 6. The summed E-state index contributed by atoms with van der Waals surface area (Å²) in [5.74, 6) is 0.323. The number of alkyl halides is 2. The van der Waals surface area contributed by atoms with E-state index >= 15 is 0 Å². The summed E-state index contributed by atoms with van der Waals surface area (Å²) in [4.78, 5) is 16.7. The number of benzene rings is 1. The van der Waals surface area contributed by atoms with E-state index in [1.54, 1.807) is 22.9 Å². The van der Waals surface area contributed by atoms with E-state index in [-0.39, 0.29) is 11.5 Å². The molecule has 0 saturated heterocycles. The highest BCUT2D eigenvalue weighted by Gasteiger charge is 2.15. The molecule has 1 aromatic carbocycles. The van der Waals surface area contributed by atoms with Crippen LogP contribution in [0.4, 0.5) is 13.9 Å². The number of amides is 1. The van der Waals surface area contributed by atoms with E-state index in [2.05, 4.69) is 20.1 Å². The van der Waals surface area contributed by atoms with Crippen molar-refractivity contribution in [3.05, 3.63) is 59.3 Å². The van der Waals surface area contributed by atoms with Crippen molar-refractivity contribution in [2.75, 3.05) is 5.32 Å². The van der Waals surface area contributed by atoms with Gasteiger partial charge in [-0.3, -0.25) is 14.8 Å². The molecular weight excluding hydrogens is 402 g/mol. The van der Waals surface area contributed by atoms with Gasteiger partial charge in [0, 0.05) is 5.69 Å². The molecule has 3 heterocycles. The minimum Gasteiger partial charge on any atom is -0.454 e. The van der Waals surface area contributed by atoms with Crippen LogP contribution in [-0.2, 0) is 6.54 Å². The van der Waals surface area contributed by atoms with Crippen molar-refractivity contribution >= 4 is 32.6 Å². The summed E-state index contributed by atoms with van der Waals surface area (Å²) < 4.78 is 37.1. The molecule has 150 valence electrons. The smallest absolute Gasteiger partial charge is 0.387 e. The van der Waals surface area contributed by atoms with Gasteiger partial charge in [-0.25, -0.2) is 4.98 Å². The van der Waals surface area contributed by atoms with Crippen molar-refractivity contribution in [2.24, 2.45) is 0 Å². The van der Waals surface area contributed by atoms with Gasteiger partial charge < -0.3 is 9.15 Å². The largest absolute Gasteiger partial charge is 0.454 e. The molecule has 29 heavy (non-hydrogen) atoms. The molecule has 0 radical (unpaired) electrons. The van der Waals surface area contributed by atoms with E-state index in [9.17, 15) is 13.6 Å². The molecule has 0 aliphatic rings. The normalized spacial score (nSPS) is 11.3. The van der Waals surface area contributed by atoms with Gasteiger partial charge in [-0.05, 0) is 50.2 Å². The summed E-state index contributed by atoms with van der Waals surface area (Å²) in [5.41, 5.74) is 2.47. The van der Waals surface area contributed by atoms with Crippen LogP contribution in [0.2, 0.25) is 0 Å². The molecule has 0 saturated carbocycles. The Kier molecular flexibility index (Phi) is 5.01. The number of aryl methyl sites for hydroxylation is 2. The highest BCUT2D eigenvalue weighted by molar-refractivity contribution is 7.22. The van der Waals surface area contributed by atoms with E-state index in [1.807, 2.05) is 19.9 Å². The highest BCUT2D eigenvalue weighted by atomic mass is 32.1. The van der Waals surface area contributed by atoms with Gasteiger partial charge in [0.2, 0.25) is 0 Å². The summed E-state index contributed by atoms with van der Waals surface area (Å²) in [6.07, 6.45) is 0. The van der Waals surface area contributed by atoms with Gasteiger partial charge in [-0.1, -0.05) is 11.3 Å². The standard InChI is InChI=1S/C19H16F2N4O3S/c1-10-7-11(2)25(24-10)9-13-4-6-15(27-13)17(26)23-19-22-14-5-3-12(28-18(20)21)8-16(14)29-19/h3-8,18H,9H2,1-2H3,(H,22,23,26). The predicted molar refractivity (Wildman–Crippen MR) is 104 cm³/mol. The highest BCUT2D eigenvalue weighted by Crippen LogP contribution is 2.30. The van der Waals surface area contributed by atoms with Crippen molar-refractivity contribution in [3.8, 4) is 5.75 Å². The van der Waals surface area contributed by atoms with Crippen LogP contribution in [-0.4, -0.2) is 27.3 Å². The van der Waals surface area contributed by atoms with Crippen LogP contribution < -0.4 is 10.1 Å². The first-order valence-corrected chi connectivity index (χ1v) is 9.45. The minimum atomic E-state index is -2.90. The van der Waals surface area contributed by atoms with Crippen LogP contribution in [0.3, 0.4) is 0 Å². The molecule has 0 aliphatic carbocycles. The SMILES string of the molecule is Cc1cc(C)n(Cc2ccc(C(=O)Nc3nc4ccc(OC(F)F)cc4s3)o2)n1. The fourth-order valence-corrected chi connectivity index (χ4v) is 3.75. The first-order chi connectivity index (χ1) is 13.9. The third kappa shape index (κ3) is 4.27. The third-order valence-corrected chi connectivity index (χ3v) is 5.03. The Morgan fingerprint density at radius 3 is 2.83 bits per heavy atom. The molecule has 0 spiro atoms. The van der Waals surface area contributed by atoms with Gasteiger partial charge in [-0.2, -0.15) is 13.9 Å².